The molecule has 0 radical (unpaired) electrons. The number of hydrogen-bond acceptors (Lipinski definition) is 5. The van der Waals surface area contributed by atoms with Gasteiger partial charge in [0.1, 0.15) is 18.4 Å². The zero-order valence-corrected chi connectivity index (χ0v) is 13.5. The third kappa shape index (κ3) is 5.03. The number of benzene rings is 2. The van der Waals surface area contributed by atoms with Crippen molar-refractivity contribution in [2.24, 2.45) is 5.73 Å². The van der Waals surface area contributed by atoms with Crippen LogP contribution in [0.5, 0.6) is 5.75 Å². The Morgan fingerprint density at radius 2 is 1.76 bits per heavy atom. The normalized spacial score (nSPS) is 11.4. The summed E-state index contributed by atoms with van der Waals surface area (Å²) >= 11 is 0. The van der Waals surface area contributed by atoms with Crippen LogP contribution in [0.4, 0.5) is 5.69 Å². The molecule has 1 unspecified atom stereocenters. The lowest BCUT2D eigenvalue weighted by molar-refractivity contribution is -0.384. The number of nitro groups is 1. The molecule has 8 heteroatoms. The fourth-order valence-electron chi connectivity index (χ4n) is 1.93. The number of nitrogens with zero attached hydrogens (tertiary/aromatic N) is 1. The average Bonchev–Trinajstić information content (AvgIpc) is 2.60. The monoisotopic (exact) mass is 343 g/mol. The third-order valence-electron chi connectivity index (χ3n) is 3.44. The van der Waals surface area contributed by atoms with Crippen LogP contribution in [0.3, 0.4) is 0 Å². The Labute approximate surface area is 143 Å². The summed E-state index contributed by atoms with van der Waals surface area (Å²) in [5, 5.41) is 13.1. The topological polar surface area (TPSA) is 125 Å². The van der Waals surface area contributed by atoms with E-state index < -0.39 is 22.8 Å². The smallest absolute Gasteiger partial charge is 0.269 e. The number of primary amides is 1. The fourth-order valence-corrected chi connectivity index (χ4v) is 1.93. The van der Waals surface area contributed by atoms with Crippen molar-refractivity contribution in [1.82, 2.24) is 5.32 Å². The van der Waals surface area contributed by atoms with Gasteiger partial charge in [0, 0.05) is 17.7 Å². The van der Waals surface area contributed by atoms with E-state index in [9.17, 15) is 19.7 Å². The summed E-state index contributed by atoms with van der Waals surface area (Å²) in [7, 11) is 0. The van der Waals surface area contributed by atoms with Gasteiger partial charge in [-0.1, -0.05) is 0 Å². The minimum atomic E-state index is -0.759. The predicted molar refractivity (Wildman–Crippen MR) is 90.0 cm³/mol. The first-order valence-corrected chi connectivity index (χ1v) is 7.43. The summed E-state index contributed by atoms with van der Waals surface area (Å²) in [6.45, 7) is 1.74. The molecule has 2 amide bonds. The SMILES string of the molecule is CC(NC(=O)c1ccc(OCc2ccc([N+](=O)[O-])cc2)cc1)C(N)=O. The second-order valence-corrected chi connectivity index (χ2v) is 5.33. The summed E-state index contributed by atoms with van der Waals surface area (Å²) in [6.07, 6.45) is 0. The molecule has 0 saturated heterocycles. The Morgan fingerprint density at radius 3 is 2.28 bits per heavy atom. The van der Waals surface area contributed by atoms with Gasteiger partial charge in [-0.25, -0.2) is 0 Å². The van der Waals surface area contributed by atoms with Crippen LogP contribution in [0.2, 0.25) is 0 Å². The second-order valence-electron chi connectivity index (χ2n) is 5.33. The van der Waals surface area contributed by atoms with Crippen LogP contribution in [0.25, 0.3) is 0 Å². The maximum Gasteiger partial charge on any atom is 0.269 e. The molecule has 0 heterocycles. The first-order chi connectivity index (χ1) is 11.9. The zero-order valence-electron chi connectivity index (χ0n) is 13.5. The molecule has 8 nitrogen and oxygen atoms in total. The highest BCUT2D eigenvalue weighted by molar-refractivity contribution is 5.97. The molecule has 0 bridgehead atoms. The predicted octanol–water partition coefficient (Wildman–Crippen LogP) is 1.78. The Balaban J connectivity index is 1.92. The van der Waals surface area contributed by atoms with Gasteiger partial charge in [0.25, 0.3) is 11.6 Å². The van der Waals surface area contributed by atoms with Crippen molar-refractivity contribution in [3.05, 3.63) is 69.8 Å². The van der Waals surface area contributed by atoms with Crippen molar-refractivity contribution in [3.8, 4) is 5.75 Å². The third-order valence-corrected chi connectivity index (χ3v) is 3.44. The molecule has 0 aliphatic heterocycles. The van der Waals surface area contributed by atoms with Gasteiger partial charge in [-0.05, 0) is 48.9 Å². The van der Waals surface area contributed by atoms with E-state index in [1.54, 1.807) is 36.4 Å². The minimum Gasteiger partial charge on any atom is -0.489 e. The summed E-state index contributed by atoms with van der Waals surface area (Å²) < 4.78 is 5.57. The summed E-state index contributed by atoms with van der Waals surface area (Å²) in [6, 6.07) is 11.7. The number of nitrogens with two attached hydrogens (primary N) is 1. The van der Waals surface area contributed by atoms with E-state index in [-0.39, 0.29) is 12.3 Å². The van der Waals surface area contributed by atoms with Gasteiger partial charge in [-0.15, -0.1) is 0 Å². The molecule has 2 aromatic carbocycles. The molecule has 2 aromatic rings. The number of carbonyl (C=O) groups is 2. The number of nitrogens with one attached hydrogen (secondary N) is 1. The lowest BCUT2D eigenvalue weighted by Gasteiger charge is -2.11. The van der Waals surface area contributed by atoms with Crippen LogP contribution < -0.4 is 15.8 Å². The van der Waals surface area contributed by atoms with Crippen molar-refractivity contribution >= 4 is 17.5 Å². The van der Waals surface area contributed by atoms with E-state index >= 15 is 0 Å². The van der Waals surface area contributed by atoms with Crippen LogP contribution in [-0.4, -0.2) is 22.8 Å². The quantitative estimate of drug-likeness (QED) is 0.585. The summed E-state index contributed by atoms with van der Waals surface area (Å²) in [5.74, 6) is -0.484. The number of rotatable bonds is 7. The van der Waals surface area contributed by atoms with Crippen molar-refractivity contribution < 1.29 is 19.2 Å². The van der Waals surface area contributed by atoms with E-state index in [1.807, 2.05) is 0 Å². The Morgan fingerprint density at radius 1 is 1.16 bits per heavy atom. The lowest BCUT2D eigenvalue weighted by atomic mass is 10.2. The van der Waals surface area contributed by atoms with Gasteiger partial charge < -0.3 is 15.8 Å². The molecule has 0 aliphatic carbocycles. The molecule has 0 spiro atoms. The number of amides is 2. The van der Waals surface area contributed by atoms with Crippen LogP contribution in [0.1, 0.15) is 22.8 Å². The highest BCUT2D eigenvalue weighted by Crippen LogP contribution is 2.16. The highest BCUT2D eigenvalue weighted by atomic mass is 16.6. The van der Waals surface area contributed by atoms with E-state index in [1.165, 1.54) is 19.1 Å². The largest absolute Gasteiger partial charge is 0.489 e. The molecule has 130 valence electrons. The fraction of sp³-hybridized carbons (Fsp3) is 0.176. The van der Waals surface area contributed by atoms with Gasteiger partial charge in [0.2, 0.25) is 5.91 Å². The number of ether oxygens (including phenoxy) is 1. The van der Waals surface area contributed by atoms with Gasteiger partial charge >= 0.3 is 0 Å². The Hall–Kier alpha value is -3.42. The van der Waals surface area contributed by atoms with E-state index in [4.69, 9.17) is 10.5 Å². The van der Waals surface area contributed by atoms with Crippen LogP contribution in [0.15, 0.2) is 48.5 Å². The molecule has 0 saturated carbocycles. The molecule has 25 heavy (non-hydrogen) atoms. The molecular formula is C17H17N3O5. The van der Waals surface area contributed by atoms with Crippen LogP contribution in [-0.2, 0) is 11.4 Å². The molecule has 0 aromatic heterocycles. The number of non-ortho nitro benzene ring substituents is 1. The highest BCUT2D eigenvalue weighted by Gasteiger charge is 2.13. The van der Waals surface area contributed by atoms with Crippen LogP contribution >= 0.6 is 0 Å². The molecule has 3 N–H and O–H groups in total. The number of hydrogen-bond donors (Lipinski definition) is 2. The van der Waals surface area contributed by atoms with E-state index in [0.29, 0.717) is 11.3 Å². The van der Waals surface area contributed by atoms with Gasteiger partial charge in [-0.2, -0.15) is 0 Å². The number of carbonyl (C=O) groups excluding carboxylic acids is 2. The van der Waals surface area contributed by atoms with Gasteiger partial charge in [0.05, 0.1) is 4.92 Å². The second kappa shape index (κ2) is 7.91. The van der Waals surface area contributed by atoms with Crippen molar-refractivity contribution in [1.29, 1.82) is 0 Å². The average molecular weight is 343 g/mol. The number of nitro benzene ring substituents is 1. The minimum absolute atomic E-state index is 0.0179. The van der Waals surface area contributed by atoms with Crippen molar-refractivity contribution in [2.45, 2.75) is 19.6 Å². The molecule has 1 atom stereocenters. The molecule has 2 rings (SSSR count). The molecule has 0 aliphatic rings. The first kappa shape index (κ1) is 17.9. The zero-order chi connectivity index (χ0) is 18.4. The standard InChI is InChI=1S/C17H17N3O5/c1-11(16(18)21)19-17(22)13-4-8-15(9-5-13)25-10-12-2-6-14(7-3-12)20(23)24/h2-9,11H,10H2,1H3,(H2,18,21)(H,19,22). The molecule has 0 fully saturated rings. The maximum absolute atomic E-state index is 11.9. The first-order valence-electron chi connectivity index (χ1n) is 7.43. The Bertz CT molecular complexity index is 772. The summed E-state index contributed by atoms with van der Waals surface area (Å²) in [5.41, 5.74) is 6.27. The summed E-state index contributed by atoms with van der Waals surface area (Å²) in [4.78, 5) is 33.0. The van der Waals surface area contributed by atoms with E-state index in [2.05, 4.69) is 5.32 Å². The Kier molecular flexibility index (Phi) is 5.67. The van der Waals surface area contributed by atoms with Gasteiger partial charge in [-0.3, -0.25) is 19.7 Å². The lowest BCUT2D eigenvalue weighted by Crippen LogP contribution is -2.42. The van der Waals surface area contributed by atoms with E-state index in [0.717, 1.165) is 5.56 Å². The van der Waals surface area contributed by atoms with Crippen molar-refractivity contribution in [3.63, 3.8) is 0 Å². The van der Waals surface area contributed by atoms with Gasteiger partial charge in [0.15, 0.2) is 0 Å². The van der Waals surface area contributed by atoms with Crippen LogP contribution in [0, 0.1) is 10.1 Å². The maximum atomic E-state index is 11.9. The van der Waals surface area contributed by atoms with Crippen molar-refractivity contribution in [2.75, 3.05) is 0 Å². The molecular weight excluding hydrogens is 326 g/mol.